The molecule has 1 aromatic carbocycles. The third kappa shape index (κ3) is 3.48. The number of anilines is 2. The summed E-state index contributed by atoms with van der Waals surface area (Å²) < 4.78 is 6.08. The normalized spacial score (nSPS) is 10.1. The number of amides is 1. The zero-order valence-electron chi connectivity index (χ0n) is 10.9. The van der Waals surface area contributed by atoms with Gasteiger partial charge < -0.3 is 15.8 Å². The number of nitrogens with zero attached hydrogens (tertiary/aromatic N) is 1. The lowest BCUT2D eigenvalue weighted by Gasteiger charge is -2.09. The summed E-state index contributed by atoms with van der Waals surface area (Å²) in [5.74, 6) is 0.316. The van der Waals surface area contributed by atoms with E-state index in [0.29, 0.717) is 33.8 Å². The number of benzene rings is 1. The predicted octanol–water partition coefficient (Wildman–Crippen LogP) is 3.08. The monoisotopic (exact) mass is 335 g/mol. The molecule has 0 bridgehead atoms. The van der Waals surface area contributed by atoms with Crippen LogP contribution in [0.3, 0.4) is 0 Å². The number of hydrogen-bond donors (Lipinski definition) is 2. The SMILES string of the molecule is CCOc1cc(N)cc(C(=O)Nc2ccncc2Br)c1. The fourth-order valence-corrected chi connectivity index (χ4v) is 2.02. The number of nitrogens with two attached hydrogens (primary N) is 1. The van der Waals surface area contributed by atoms with Gasteiger partial charge in [-0.15, -0.1) is 0 Å². The molecule has 2 aromatic rings. The maximum Gasteiger partial charge on any atom is 0.255 e. The Morgan fingerprint density at radius 2 is 2.25 bits per heavy atom. The van der Waals surface area contributed by atoms with Crippen molar-refractivity contribution in [3.63, 3.8) is 0 Å². The van der Waals surface area contributed by atoms with E-state index in [0.717, 1.165) is 0 Å². The van der Waals surface area contributed by atoms with E-state index in [1.54, 1.807) is 36.7 Å². The smallest absolute Gasteiger partial charge is 0.255 e. The standard InChI is InChI=1S/C14H14BrN3O2/c1-2-20-11-6-9(5-10(16)7-11)14(19)18-13-3-4-17-8-12(13)15/h3-8H,2,16H2,1H3,(H,17,18,19). The van der Waals surface area contributed by atoms with Gasteiger partial charge in [0.05, 0.1) is 16.8 Å². The number of carbonyl (C=O) groups excluding carboxylic acids is 1. The molecule has 0 aliphatic heterocycles. The second-order valence-electron chi connectivity index (χ2n) is 4.03. The van der Waals surface area contributed by atoms with Crippen molar-refractivity contribution in [2.45, 2.75) is 6.92 Å². The molecule has 5 nitrogen and oxygen atoms in total. The van der Waals surface area contributed by atoms with Crippen molar-refractivity contribution in [1.29, 1.82) is 0 Å². The molecule has 0 unspecified atom stereocenters. The molecule has 0 aliphatic rings. The van der Waals surface area contributed by atoms with E-state index in [4.69, 9.17) is 10.5 Å². The Labute approximate surface area is 125 Å². The molecule has 0 saturated heterocycles. The lowest BCUT2D eigenvalue weighted by atomic mass is 10.1. The van der Waals surface area contributed by atoms with Crippen LogP contribution in [0.1, 0.15) is 17.3 Å². The molecule has 0 aliphatic carbocycles. The lowest BCUT2D eigenvalue weighted by Crippen LogP contribution is -2.13. The van der Waals surface area contributed by atoms with Crippen LogP contribution in [-0.4, -0.2) is 17.5 Å². The molecule has 0 radical (unpaired) electrons. The average Bonchev–Trinajstić information content (AvgIpc) is 2.41. The minimum Gasteiger partial charge on any atom is -0.494 e. The molecule has 1 aromatic heterocycles. The zero-order chi connectivity index (χ0) is 14.5. The van der Waals surface area contributed by atoms with Crippen LogP contribution < -0.4 is 15.8 Å². The van der Waals surface area contributed by atoms with Gasteiger partial charge in [0.25, 0.3) is 5.91 Å². The van der Waals surface area contributed by atoms with Crippen LogP contribution in [0.15, 0.2) is 41.1 Å². The summed E-state index contributed by atoms with van der Waals surface area (Å²) in [4.78, 5) is 16.2. The average molecular weight is 336 g/mol. The Morgan fingerprint density at radius 3 is 2.95 bits per heavy atom. The van der Waals surface area contributed by atoms with Crippen molar-refractivity contribution in [3.8, 4) is 5.75 Å². The van der Waals surface area contributed by atoms with Gasteiger partial charge in [0, 0.05) is 29.7 Å². The number of carbonyl (C=O) groups is 1. The first-order valence-electron chi connectivity index (χ1n) is 6.04. The van der Waals surface area contributed by atoms with E-state index >= 15 is 0 Å². The first kappa shape index (κ1) is 14.3. The van der Waals surface area contributed by atoms with Gasteiger partial charge in [-0.05, 0) is 41.1 Å². The lowest BCUT2D eigenvalue weighted by molar-refractivity contribution is 0.102. The van der Waals surface area contributed by atoms with Gasteiger partial charge in [-0.1, -0.05) is 0 Å². The Hall–Kier alpha value is -2.08. The summed E-state index contributed by atoms with van der Waals surface area (Å²) in [6.07, 6.45) is 3.21. The highest BCUT2D eigenvalue weighted by molar-refractivity contribution is 9.10. The van der Waals surface area contributed by atoms with Crippen molar-refractivity contribution >= 4 is 33.2 Å². The second kappa shape index (κ2) is 6.38. The first-order valence-corrected chi connectivity index (χ1v) is 6.83. The molecular weight excluding hydrogens is 322 g/mol. The Balaban J connectivity index is 2.23. The summed E-state index contributed by atoms with van der Waals surface area (Å²) in [6.45, 7) is 2.39. The van der Waals surface area contributed by atoms with Crippen molar-refractivity contribution < 1.29 is 9.53 Å². The molecule has 0 atom stereocenters. The van der Waals surface area contributed by atoms with Crippen LogP contribution in [0.25, 0.3) is 0 Å². The molecule has 2 rings (SSSR count). The van der Waals surface area contributed by atoms with E-state index in [9.17, 15) is 4.79 Å². The van der Waals surface area contributed by atoms with Gasteiger partial charge in [0.15, 0.2) is 0 Å². The summed E-state index contributed by atoms with van der Waals surface area (Å²) in [5, 5.41) is 2.79. The zero-order valence-corrected chi connectivity index (χ0v) is 12.5. The topological polar surface area (TPSA) is 77.2 Å². The number of aromatic nitrogens is 1. The Kier molecular flexibility index (Phi) is 4.57. The molecule has 3 N–H and O–H groups in total. The maximum absolute atomic E-state index is 12.2. The number of ether oxygens (including phenoxy) is 1. The highest BCUT2D eigenvalue weighted by Crippen LogP contribution is 2.23. The van der Waals surface area contributed by atoms with Crippen molar-refractivity contribution in [1.82, 2.24) is 4.98 Å². The quantitative estimate of drug-likeness (QED) is 0.841. The minimum absolute atomic E-state index is 0.259. The fourth-order valence-electron chi connectivity index (χ4n) is 1.67. The van der Waals surface area contributed by atoms with Crippen LogP contribution in [0, 0.1) is 0 Å². The molecule has 6 heteroatoms. The van der Waals surface area contributed by atoms with Gasteiger partial charge in [-0.2, -0.15) is 0 Å². The summed E-state index contributed by atoms with van der Waals surface area (Å²) >= 11 is 3.32. The molecular formula is C14H14BrN3O2. The molecule has 0 saturated carbocycles. The van der Waals surface area contributed by atoms with Gasteiger partial charge in [0.1, 0.15) is 5.75 Å². The second-order valence-corrected chi connectivity index (χ2v) is 4.89. The van der Waals surface area contributed by atoms with Gasteiger partial charge in [0.2, 0.25) is 0 Å². The fraction of sp³-hybridized carbons (Fsp3) is 0.143. The van der Waals surface area contributed by atoms with E-state index in [-0.39, 0.29) is 5.91 Å². The third-order valence-corrected chi connectivity index (χ3v) is 3.15. The van der Waals surface area contributed by atoms with Crippen molar-refractivity contribution in [2.75, 3.05) is 17.7 Å². The Morgan fingerprint density at radius 1 is 1.45 bits per heavy atom. The van der Waals surface area contributed by atoms with E-state index < -0.39 is 0 Å². The maximum atomic E-state index is 12.2. The van der Waals surface area contributed by atoms with Crippen LogP contribution in [0.5, 0.6) is 5.75 Å². The number of hydrogen-bond acceptors (Lipinski definition) is 4. The largest absolute Gasteiger partial charge is 0.494 e. The first-order chi connectivity index (χ1) is 9.60. The number of halogens is 1. The minimum atomic E-state index is -0.259. The van der Waals surface area contributed by atoms with E-state index in [1.807, 2.05) is 6.92 Å². The molecule has 1 amide bonds. The summed E-state index contributed by atoms with van der Waals surface area (Å²) in [5.41, 5.74) is 7.34. The molecule has 104 valence electrons. The van der Waals surface area contributed by atoms with Crippen LogP contribution in [0.4, 0.5) is 11.4 Å². The summed E-state index contributed by atoms with van der Waals surface area (Å²) in [7, 11) is 0. The Bertz CT molecular complexity index is 632. The number of nitrogen functional groups attached to an aromatic ring is 1. The molecule has 0 fully saturated rings. The van der Waals surface area contributed by atoms with Gasteiger partial charge >= 0.3 is 0 Å². The van der Waals surface area contributed by atoms with Gasteiger partial charge in [-0.25, -0.2) is 0 Å². The van der Waals surface area contributed by atoms with Crippen LogP contribution >= 0.6 is 15.9 Å². The number of nitrogens with one attached hydrogen (secondary N) is 1. The van der Waals surface area contributed by atoms with E-state index in [1.165, 1.54) is 0 Å². The van der Waals surface area contributed by atoms with Crippen LogP contribution in [-0.2, 0) is 0 Å². The number of pyridine rings is 1. The van der Waals surface area contributed by atoms with E-state index in [2.05, 4.69) is 26.2 Å². The number of rotatable bonds is 4. The summed E-state index contributed by atoms with van der Waals surface area (Å²) in [6, 6.07) is 6.65. The van der Waals surface area contributed by atoms with Crippen molar-refractivity contribution in [3.05, 3.63) is 46.7 Å². The van der Waals surface area contributed by atoms with Gasteiger partial charge in [-0.3, -0.25) is 9.78 Å². The molecule has 20 heavy (non-hydrogen) atoms. The predicted molar refractivity (Wildman–Crippen MR) is 81.9 cm³/mol. The van der Waals surface area contributed by atoms with Crippen LogP contribution in [0.2, 0.25) is 0 Å². The third-order valence-electron chi connectivity index (χ3n) is 2.52. The molecule has 1 heterocycles. The molecule has 0 spiro atoms. The highest BCUT2D eigenvalue weighted by atomic mass is 79.9. The highest BCUT2D eigenvalue weighted by Gasteiger charge is 2.10. The van der Waals surface area contributed by atoms with Crippen molar-refractivity contribution in [2.24, 2.45) is 0 Å².